The van der Waals surface area contributed by atoms with Gasteiger partial charge in [0.25, 0.3) is 0 Å². The van der Waals surface area contributed by atoms with E-state index in [1.165, 1.54) is 35.5 Å². The molecule has 1 fully saturated rings. The summed E-state index contributed by atoms with van der Waals surface area (Å²) in [6.07, 6.45) is 5.21. The number of hydrogen-bond acceptors (Lipinski definition) is 4. The second kappa shape index (κ2) is 5.76. The third kappa shape index (κ3) is 3.18. The third-order valence-corrected chi connectivity index (χ3v) is 6.77. The molecule has 1 aliphatic carbocycles. The molecule has 1 saturated carbocycles. The van der Waals surface area contributed by atoms with Gasteiger partial charge in [-0.1, -0.05) is 6.92 Å². The average molecular weight is 297 g/mol. The molecule has 2 aliphatic rings. The lowest BCUT2D eigenvalue weighted by atomic mass is 10.00. The fourth-order valence-electron chi connectivity index (χ4n) is 2.89. The Kier molecular flexibility index (Phi) is 4.22. The molecule has 0 spiro atoms. The predicted octanol–water partition coefficient (Wildman–Crippen LogP) is 4.08. The topological polar surface area (TPSA) is 21.3 Å². The molecule has 1 aliphatic heterocycles. The van der Waals surface area contributed by atoms with E-state index in [-0.39, 0.29) is 0 Å². The minimum absolute atomic E-state index is 0.542. The van der Waals surface area contributed by atoms with E-state index < -0.39 is 0 Å². The first-order valence-electron chi connectivity index (χ1n) is 7.19. The van der Waals surface area contributed by atoms with Crippen LogP contribution in [0.25, 0.3) is 0 Å². The molecule has 0 radical (unpaired) electrons. The predicted molar refractivity (Wildman–Crippen MR) is 83.2 cm³/mol. The van der Waals surface area contributed by atoms with Crippen molar-refractivity contribution in [2.45, 2.75) is 48.1 Å². The Balaban J connectivity index is 1.59. The zero-order chi connectivity index (χ0) is 13.3. The van der Waals surface area contributed by atoms with Gasteiger partial charge in [0.2, 0.25) is 0 Å². The molecular formula is C15H23NOS2. The Labute approximate surface area is 124 Å². The molecule has 1 unspecified atom stereocenters. The van der Waals surface area contributed by atoms with E-state index >= 15 is 0 Å². The van der Waals surface area contributed by atoms with Gasteiger partial charge in [-0.3, -0.25) is 0 Å². The highest BCUT2D eigenvalue weighted by molar-refractivity contribution is 8.01. The highest BCUT2D eigenvalue weighted by atomic mass is 32.2. The van der Waals surface area contributed by atoms with Gasteiger partial charge in [0.05, 0.1) is 4.21 Å². The van der Waals surface area contributed by atoms with Crippen molar-refractivity contribution in [3.63, 3.8) is 0 Å². The zero-order valence-corrected chi connectivity index (χ0v) is 13.4. The standard InChI is InChI=1S/C15H23NOS2/c1-11-9-13(12-3-8-18-14(12)19-11)16-10-15(4-5-15)6-7-17-2/h3,8,11,13,16H,4-7,9-10H2,1-2H3/t11-,13?/m0/s1. The maximum atomic E-state index is 5.24. The molecule has 1 aromatic heterocycles. The van der Waals surface area contributed by atoms with E-state index in [0.717, 1.165) is 18.4 Å². The van der Waals surface area contributed by atoms with E-state index in [1.807, 2.05) is 23.1 Å². The molecule has 1 N–H and O–H groups in total. The molecule has 0 saturated heterocycles. The molecule has 2 heterocycles. The lowest BCUT2D eigenvalue weighted by molar-refractivity contribution is 0.170. The molecule has 0 amide bonds. The molecule has 4 heteroatoms. The van der Waals surface area contributed by atoms with Crippen LogP contribution in [0, 0.1) is 5.41 Å². The lowest BCUT2D eigenvalue weighted by Gasteiger charge is -2.29. The van der Waals surface area contributed by atoms with Crippen LogP contribution in [0.5, 0.6) is 0 Å². The van der Waals surface area contributed by atoms with Crippen molar-refractivity contribution in [2.75, 3.05) is 20.3 Å². The number of hydrogen-bond donors (Lipinski definition) is 1. The van der Waals surface area contributed by atoms with Gasteiger partial charge < -0.3 is 10.1 Å². The smallest absolute Gasteiger partial charge is 0.0649 e. The van der Waals surface area contributed by atoms with Gasteiger partial charge in [-0.15, -0.1) is 23.1 Å². The van der Waals surface area contributed by atoms with Gasteiger partial charge in [-0.2, -0.15) is 0 Å². The Morgan fingerprint density at radius 2 is 2.32 bits per heavy atom. The maximum Gasteiger partial charge on any atom is 0.0649 e. The van der Waals surface area contributed by atoms with Crippen LogP contribution < -0.4 is 5.32 Å². The quantitative estimate of drug-likeness (QED) is 0.855. The number of nitrogens with one attached hydrogen (secondary N) is 1. The number of thioether (sulfide) groups is 1. The molecule has 1 aromatic rings. The van der Waals surface area contributed by atoms with Crippen molar-refractivity contribution < 1.29 is 4.74 Å². The summed E-state index contributed by atoms with van der Waals surface area (Å²) < 4.78 is 6.77. The second-order valence-electron chi connectivity index (χ2n) is 6.00. The van der Waals surface area contributed by atoms with Gasteiger partial charge in [0.15, 0.2) is 0 Å². The van der Waals surface area contributed by atoms with Crippen molar-refractivity contribution in [3.05, 3.63) is 17.0 Å². The van der Waals surface area contributed by atoms with Crippen LogP contribution in [0.4, 0.5) is 0 Å². The van der Waals surface area contributed by atoms with Crippen LogP contribution in [-0.4, -0.2) is 25.5 Å². The Hall–Kier alpha value is -0.0300. The van der Waals surface area contributed by atoms with Crippen LogP contribution in [0.2, 0.25) is 0 Å². The number of ether oxygens (including phenoxy) is 1. The summed E-state index contributed by atoms with van der Waals surface area (Å²) in [7, 11) is 1.81. The summed E-state index contributed by atoms with van der Waals surface area (Å²) in [6.45, 7) is 4.41. The maximum absolute atomic E-state index is 5.24. The van der Waals surface area contributed by atoms with Gasteiger partial charge in [-0.05, 0) is 48.1 Å². The summed E-state index contributed by atoms with van der Waals surface area (Å²) in [5.41, 5.74) is 2.08. The van der Waals surface area contributed by atoms with Crippen molar-refractivity contribution in [1.29, 1.82) is 0 Å². The van der Waals surface area contributed by atoms with Gasteiger partial charge in [0.1, 0.15) is 0 Å². The van der Waals surface area contributed by atoms with Gasteiger partial charge >= 0.3 is 0 Å². The fraction of sp³-hybridized carbons (Fsp3) is 0.733. The van der Waals surface area contributed by atoms with Crippen LogP contribution >= 0.6 is 23.1 Å². The van der Waals surface area contributed by atoms with Crippen molar-refractivity contribution >= 4 is 23.1 Å². The third-order valence-electron chi connectivity index (χ3n) is 4.43. The molecule has 0 bridgehead atoms. The van der Waals surface area contributed by atoms with Gasteiger partial charge in [-0.25, -0.2) is 0 Å². The highest BCUT2D eigenvalue weighted by Crippen LogP contribution is 2.49. The number of thiophene rings is 1. The van der Waals surface area contributed by atoms with Crippen LogP contribution in [0.3, 0.4) is 0 Å². The molecule has 2 nitrogen and oxygen atoms in total. The Bertz CT molecular complexity index is 428. The average Bonchev–Trinajstić information content (AvgIpc) is 3.02. The lowest BCUT2D eigenvalue weighted by Crippen LogP contribution is -2.32. The SMILES string of the molecule is COCCC1(CNC2C[C@H](C)Sc3sccc32)CC1. The minimum atomic E-state index is 0.542. The first-order chi connectivity index (χ1) is 9.22. The normalized spacial score (nSPS) is 28.1. The number of methoxy groups -OCH3 is 1. The summed E-state index contributed by atoms with van der Waals surface area (Å²) in [5.74, 6) is 0. The summed E-state index contributed by atoms with van der Waals surface area (Å²) >= 11 is 3.94. The minimum Gasteiger partial charge on any atom is -0.385 e. The highest BCUT2D eigenvalue weighted by Gasteiger charge is 2.42. The van der Waals surface area contributed by atoms with Gasteiger partial charge in [0, 0.05) is 31.6 Å². The largest absolute Gasteiger partial charge is 0.385 e. The number of rotatable bonds is 6. The van der Waals surface area contributed by atoms with E-state index in [1.54, 1.807) is 7.11 Å². The van der Waals surface area contributed by atoms with Crippen molar-refractivity contribution in [2.24, 2.45) is 5.41 Å². The molecule has 2 atom stereocenters. The van der Waals surface area contributed by atoms with Crippen molar-refractivity contribution in [1.82, 2.24) is 5.32 Å². The molecule has 19 heavy (non-hydrogen) atoms. The van der Waals surface area contributed by atoms with Crippen LogP contribution in [-0.2, 0) is 4.74 Å². The van der Waals surface area contributed by atoms with Crippen LogP contribution in [0.1, 0.15) is 44.2 Å². The molecular weight excluding hydrogens is 274 g/mol. The second-order valence-corrected chi connectivity index (χ2v) is 8.63. The Morgan fingerprint density at radius 1 is 1.47 bits per heavy atom. The van der Waals surface area contributed by atoms with E-state index in [2.05, 4.69) is 23.7 Å². The monoisotopic (exact) mass is 297 g/mol. The fourth-order valence-corrected chi connectivity index (χ4v) is 5.46. The summed E-state index contributed by atoms with van der Waals surface area (Å²) in [4.78, 5) is 0. The Morgan fingerprint density at radius 3 is 3.05 bits per heavy atom. The first kappa shape index (κ1) is 13.9. The first-order valence-corrected chi connectivity index (χ1v) is 8.95. The molecule has 0 aromatic carbocycles. The van der Waals surface area contributed by atoms with E-state index in [9.17, 15) is 0 Å². The summed E-state index contributed by atoms with van der Waals surface area (Å²) in [6, 6.07) is 2.88. The van der Waals surface area contributed by atoms with Crippen LogP contribution in [0.15, 0.2) is 15.7 Å². The molecule has 3 rings (SSSR count). The van der Waals surface area contributed by atoms with Crippen molar-refractivity contribution in [3.8, 4) is 0 Å². The summed E-state index contributed by atoms with van der Waals surface area (Å²) in [5, 5.41) is 6.82. The zero-order valence-electron chi connectivity index (χ0n) is 11.8. The van der Waals surface area contributed by atoms with E-state index in [4.69, 9.17) is 4.74 Å². The van der Waals surface area contributed by atoms with E-state index in [0.29, 0.717) is 11.5 Å². The molecule has 106 valence electrons. The number of fused-ring (bicyclic) bond motifs is 1.